The van der Waals surface area contributed by atoms with Crippen molar-refractivity contribution >= 4 is 23.3 Å². The fraction of sp³-hybridized carbons (Fsp3) is 0.421. The molecule has 9 heteroatoms. The zero-order valence-electron chi connectivity index (χ0n) is 15.2. The quantitative estimate of drug-likeness (QED) is 0.732. The second kappa shape index (κ2) is 7.59. The van der Waals surface area contributed by atoms with Crippen molar-refractivity contribution in [1.82, 2.24) is 14.7 Å². The first kappa shape index (κ1) is 18.4. The van der Waals surface area contributed by atoms with Gasteiger partial charge in [-0.15, -0.1) is 0 Å². The van der Waals surface area contributed by atoms with Gasteiger partial charge in [0.25, 0.3) is 0 Å². The molecule has 3 N–H and O–H groups in total. The van der Waals surface area contributed by atoms with E-state index in [2.05, 4.69) is 15.7 Å². The maximum atomic E-state index is 13.0. The van der Waals surface area contributed by atoms with E-state index in [1.54, 1.807) is 22.0 Å². The van der Waals surface area contributed by atoms with E-state index in [9.17, 15) is 19.1 Å². The molecule has 0 radical (unpaired) electrons. The van der Waals surface area contributed by atoms with Gasteiger partial charge in [-0.3, -0.25) is 9.48 Å². The number of aromatic nitrogens is 2. The topological polar surface area (TPSA) is 99.5 Å². The highest BCUT2D eigenvalue weighted by molar-refractivity contribution is 5.93. The minimum atomic E-state index is -0.379. The Kier molecular flexibility index (Phi) is 4.99. The second-order valence-electron chi connectivity index (χ2n) is 7.29. The molecule has 2 aliphatic rings. The third-order valence-corrected chi connectivity index (χ3v) is 5.15. The molecule has 0 spiro atoms. The summed E-state index contributed by atoms with van der Waals surface area (Å²) in [4.78, 5) is 26.0. The van der Waals surface area contributed by atoms with Crippen LogP contribution in [-0.4, -0.2) is 50.9 Å². The number of hydrogen-bond acceptors (Lipinski definition) is 4. The first-order valence-corrected chi connectivity index (χ1v) is 9.32. The molecule has 2 atom stereocenters. The van der Waals surface area contributed by atoms with E-state index in [0.29, 0.717) is 24.3 Å². The Bertz CT molecular complexity index is 865. The van der Waals surface area contributed by atoms with E-state index >= 15 is 0 Å². The van der Waals surface area contributed by atoms with Crippen LogP contribution < -0.4 is 10.6 Å². The van der Waals surface area contributed by atoms with Gasteiger partial charge in [-0.25, -0.2) is 9.18 Å². The number of nitrogens with zero attached hydrogens (tertiary/aromatic N) is 3. The third-order valence-electron chi connectivity index (χ3n) is 5.15. The Hall–Kier alpha value is -2.94. The smallest absolute Gasteiger partial charge is 0.322 e. The normalized spacial score (nSPS) is 21.6. The summed E-state index contributed by atoms with van der Waals surface area (Å²) in [6.07, 6.45) is 5.75. The number of rotatable bonds is 5. The number of carbonyl (C=O) groups is 2. The highest BCUT2D eigenvalue weighted by Crippen LogP contribution is 2.31. The van der Waals surface area contributed by atoms with Crippen LogP contribution >= 0.6 is 0 Å². The van der Waals surface area contributed by atoms with Crippen LogP contribution in [0.5, 0.6) is 0 Å². The van der Waals surface area contributed by atoms with Gasteiger partial charge in [-0.2, -0.15) is 5.10 Å². The van der Waals surface area contributed by atoms with E-state index < -0.39 is 0 Å². The van der Waals surface area contributed by atoms with Crippen LogP contribution in [0.3, 0.4) is 0 Å². The van der Waals surface area contributed by atoms with Gasteiger partial charge in [0.1, 0.15) is 5.82 Å². The molecule has 4 rings (SSSR count). The molecule has 1 saturated carbocycles. The Labute approximate surface area is 161 Å². The van der Waals surface area contributed by atoms with Gasteiger partial charge >= 0.3 is 6.03 Å². The predicted molar refractivity (Wildman–Crippen MR) is 100 cm³/mol. The lowest BCUT2D eigenvalue weighted by atomic mass is 10.2. The molecule has 0 bridgehead atoms. The van der Waals surface area contributed by atoms with Gasteiger partial charge < -0.3 is 20.6 Å². The van der Waals surface area contributed by atoms with Gasteiger partial charge in [0.05, 0.1) is 30.6 Å². The van der Waals surface area contributed by atoms with Crippen molar-refractivity contribution in [2.24, 2.45) is 5.92 Å². The van der Waals surface area contributed by atoms with Crippen molar-refractivity contribution < 1.29 is 19.1 Å². The Morgan fingerprint density at radius 2 is 1.93 bits per heavy atom. The molecule has 3 amide bonds. The Morgan fingerprint density at radius 3 is 2.61 bits per heavy atom. The fourth-order valence-corrected chi connectivity index (χ4v) is 3.43. The Morgan fingerprint density at radius 1 is 1.18 bits per heavy atom. The molecule has 148 valence electrons. The van der Waals surface area contributed by atoms with E-state index in [-0.39, 0.29) is 42.4 Å². The van der Waals surface area contributed by atoms with Crippen LogP contribution in [0.2, 0.25) is 0 Å². The number of nitrogens with one attached hydrogen (secondary N) is 2. The average molecular weight is 387 g/mol. The zero-order chi connectivity index (χ0) is 19.7. The summed E-state index contributed by atoms with van der Waals surface area (Å²) in [5.41, 5.74) is 1.11. The SMILES string of the molecule is O=C(Nc1cnn([C@H]2C[C@@H](CO)N(C(=O)Nc3ccc(F)cc3)C2)c1)C1CC1. The van der Waals surface area contributed by atoms with Crippen LogP contribution in [0.25, 0.3) is 0 Å². The second-order valence-corrected chi connectivity index (χ2v) is 7.29. The lowest BCUT2D eigenvalue weighted by Gasteiger charge is -2.23. The molecule has 1 aliphatic carbocycles. The molecule has 2 heterocycles. The van der Waals surface area contributed by atoms with Crippen molar-refractivity contribution in [3.05, 3.63) is 42.5 Å². The van der Waals surface area contributed by atoms with Crippen molar-refractivity contribution in [3.8, 4) is 0 Å². The van der Waals surface area contributed by atoms with Gasteiger partial charge in [0.15, 0.2) is 0 Å². The van der Waals surface area contributed by atoms with Crippen molar-refractivity contribution in [1.29, 1.82) is 0 Å². The molecule has 2 fully saturated rings. The Balaban J connectivity index is 1.40. The van der Waals surface area contributed by atoms with E-state index in [4.69, 9.17) is 0 Å². The summed E-state index contributed by atoms with van der Waals surface area (Å²) >= 11 is 0. The first-order chi connectivity index (χ1) is 13.5. The van der Waals surface area contributed by atoms with Crippen LogP contribution in [0.15, 0.2) is 36.7 Å². The summed E-state index contributed by atoms with van der Waals surface area (Å²) in [7, 11) is 0. The standard InChI is InChI=1S/C19H22FN5O3/c20-13-3-5-14(6-4-13)23-19(28)24-10-16(7-17(24)11-26)25-9-15(8-21-25)22-18(27)12-1-2-12/h3-6,8-9,12,16-17,26H,1-2,7,10-11H2,(H,22,27)(H,23,28)/t16-,17-/m0/s1. The van der Waals surface area contributed by atoms with Gasteiger partial charge in [0, 0.05) is 24.3 Å². The molecular formula is C19H22FN5O3. The number of aliphatic hydroxyl groups is 1. The van der Waals surface area contributed by atoms with Crippen LogP contribution in [0.1, 0.15) is 25.3 Å². The van der Waals surface area contributed by atoms with Gasteiger partial charge in [-0.05, 0) is 43.5 Å². The van der Waals surface area contributed by atoms with E-state index in [1.165, 1.54) is 24.3 Å². The fourth-order valence-electron chi connectivity index (χ4n) is 3.43. The summed E-state index contributed by atoms with van der Waals surface area (Å²) in [5, 5.41) is 19.6. The molecule has 1 aliphatic heterocycles. The predicted octanol–water partition coefficient (Wildman–Crippen LogP) is 2.21. The largest absolute Gasteiger partial charge is 0.394 e. The minimum Gasteiger partial charge on any atom is -0.394 e. The number of hydrogen-bond donors (Lipinski definition) is 3. The summed E-state index contributed by atoms with van der Waals surface area (Å²) < 4.78 is 14.7. The van der Waals surface area contributed by atoms with Crippen molar-refractivity contribution in [3.63, 3.8) is 0 Å². The monoisotopic (exact) mass is 387 g/mol. The summed E-state index contributed by atoms with van der Waals surface area (Å²) in [6.45, 7) is 0.204. The molecule has 28 heavy (non-hydrogen) atoms. The van der Waals surface area contributed by atoms with E-state index in [1.807, 2.05) is 0 Å². The summed E-state index contributed by atoms with van der Waals surface area (Å²) in [6, 6.07) is 4.69. The lowest BCUT2D eigenvalue weighted by molar-refractivity contribution is -0.117. The molecule has 8 nitrogen and oxygen atoms in total. The molecule has 2 aromatic rings. The molecular weight excluding hydrogens is 365 g/mol. The molecule has 0 unspecified atom stereocenters. The van der Waals surface area contributed by atoms with Crippen LogP contribution in [0, 0.1) is 11.7 Å². The number of anilines is 2. The summed E-state index contributed by atoms with van der Waals surface area (Å²) in [5.74, 6) is -0.255. The zero-order valence-corrected chi connectivity index (χ0v) is 15.2. The van der Waals surface area contributed by atoms with Crippen molar-refractivity contribution in [2.75, 3.05) is 23.8 Å². The molecule has 1 saturated heterocycles. The van der Waals surface area contributed by atoms with Crippen LogP contribution in [0.4, 0.5) is 20.6 Å². The third kappa shape index (κ3) is 3.99. The highest BCUT2D eigenvalue weighted by atomic mass is 19.1. The number of benzene rings is 1. The lowest BCUT2D eigenvalue weighted by Crippen LogP contribution is -2.40. The molecule has 1 aromatic carbocycles. The van der Waals surface area contributed by atoms with Crippen LogP contribution in [-0.2, 0) is 4.79 Å². The minimum absolute atomic E-state index is 0.0134. The number of urea groups is 1. The number of likely N-dealkylation sites (tertiary alicyclic amines) is 1. The molecule has 1 aromatic heterocycles. The maximum Gasteiger partial charge on any atom is 0.322 e. The number of carbonyl (C=O) groups excluding carboxylic acids is 2. The van der Waals surface area contributed by atoms with Gasteiger partial charge in [-0.1, -0.05) is 0 Å². The van der Waals surface area contributed by atoms with Gasteiger partial charge in [0.2, 0.25) is 5.91 Å². The number of amides is 3. The average Bonchev–Trinajstić information content (AvgIpc) is 3.29. The number of aliphatic hydroxyl groups excluding tert-OH is 1. The first-order valence-electron chi connectivity index (χ1n) is 9.32. The van der Waals surface area contributed by atoms with E-state index in [0.717, 1.165) is 12.8 Å². The number of halogens is 1. The highest BCUT2D eigenvalue weighted by Gasteiger charge is 2.36. The maximum absolute atomic E-state index is 13.0. The van der Waals surface area contributed by atoms with Crippen molar-refractivity contribution in [2.45, 2.75) is 31.3 Å².